The number of ether oxygens (including phenoxy) is 3. The van der Waals surface area contributed by atoms with Gasteiger partial charge in [0.2, 0.25) is 5.91 Å². The highest BCUT2D eigenvalue weighted by Gasteiger charge is 2.34. The highest BCUT2D eigenvalue weighted by molar-refractivity contribution is 5.80. The first-order valence-corrected chi connectivity index (χ1v) is 6.81. The Kier molecular flexibility index (Phi) is 7.30. The predicted molar refractivity (Wildman–Crippen MR) is 71.8 cm³/mol. The summed E-state index contributed by atoms with van der Waals surface area (Å²) in [6.07, 6.45) is 0.602. The molecule has 0 bridgehead atoms. The minimum atomic E-state index is -0.437. The summed E-state index contributed by atoms with van der Waals surface area (Å²) in [7, 11) is 3.11. The van der Waals surface area contributed by atoms with Crippen LogP contribution in [0.1, 0.15) is 20.3 Å². The summed E-state index contributed by atoms with van der Waals surface area (Å²) in [5.74, 6) is -0.166. The van der Waals surface area contributed by atoms with Gasteiger partial charge in [-0.15, -0.1) is 0 Å². The van der Waals surface area contributed by atoms with Crippen LogP contribution in [0.3, 0.4) is 0 Å². The molecule has 1 amide bonds. The second-order valence-electron chi connectivity index (χ2n) is 4.84. The van der Waals surface area contributed by atoms with Crippen LogP contribution >= 0.6 is 0 Å². The van der Waals surface area contributed by atoms with Gasteiger partial charge in [-0.05, 0) is 19.9 Å². The molecular formula is C13H26N2O4. The quantitative estimate of drug-likeness (QED) is 0.616. The molecule has 19 heavy (non-hydrogen) atoms. The molecule has 2 N–H and O–H groups in total. The SMILES string of the molecule is CCCNC1COCC1C(=O)NC(C)C(OC)OC. The van der Waals surface area contributed by atoms with Gasteiger partial charge in [0.05, 0.1) is 25.2 Å². The maximum atomic E-state index is 12.2. The largest absolute Gasteiger partial charge is 0.379 e. The van der Waals surface area contributed by atoms with Crippen LogP contribution in [-0.2, 0) is 19.0 Å². The third kappa shape index (κ3) is 4.72. The van der Waals surface area contributed by atoms with Crippen LogP contribution in [0.5, 0.6) is 0 Å². The minimum absolute atomic E-state index is 0.0160. The van der Waals surface area contributed by atoms with E-state index in [1.165, 1.54) is 0 Å². The van der Waals surface area contributed by atoms with E-state index in [0.717, 1.165) is 13.0 Å². The van der Waals surface area contributed by atoms with Crippen molar-refractivity contribution in [3.05, 3.63) is 0 Å². The molecule has 0 aromatic heterocycles. The molecule has 0 aromatic rings. The molecule has 1 fully saturated rings. The molecule has 0 saturated carbocycles. The van der Waals surface area contributed by atoms with Crippen LogP contribution < -0.4 is 10.6 Å². The van der Waals surface area contributed by atoms with Gasteiger partial charge in [0.25, 0.3) is 0 Å². The molecule has 112 valence electrons. The van der Waals surface area contributed by atoms with Crippen molar-refractivity contribution in [3.8, 4) is 0 Å². The van der Waals surface area contributed by atoms with Crippen LogP contribution in [0, 0.1) is 5.92 Å². The molecule has 6 heteroatoms. The van der Waals surface area contributed by atoms with Gasteiger partial charge in [0.1, 0.15) is 0 Å². The van der Waals surface area contributed by atoms with Gasteiger partial charge < -0.3 is 24.8 Å². The van der Waals surface area contributed by atoms with E-state index in [1.807, 2.05) is 6.92 Å². The van der Waals surface area contributed by atoms with Crippen LogP contribution in [0.25, 0.3) is 0 Å². The lowest BCUT2D eigenvalue weighted by Gasteiger charge is -2.25. The lowest BCUT2D eigenvalue weighted by Crippen LogP contribution is -2.50. The Hall–Kier alpha value is -0.690. The van der Waals surface area contributed by atoms with Gasteiger partial charge in [-0.3, -0.25) is 4.79 Å². The number of methoxy groups -OCH3 is 2. The van der Waals surface area contributed by atoms with Crippen LogP contribution in [0.2, 0.25) is 0 Å². The van der Waals surface area contributed by atoms with E-state index in [-0.39, 0.29) is 23.9 Å². The van der Waals surface area contributed by atoms with E-state index in [4.69, 9.17) is 14.2 Å². The van der Waals surface area contributed by atoms with E-state index in [1.54, 1.807) is 14.2 Å². The molecule has 1 rings (SSSR count). The van der Waals surface area contributed by atoms with Crippen molar-refractivity contribution in [1.82, 2.24) is 10.6 Å². The van der Waals surface area contributed by atoms with Crippen molar-refractivity contribution in [2.75, 3.05) is 34.0 Å². The summed E-state index contributed by atoms with van der Waals surface area (Å²) < 4.78 is 15.7. The van der Waals surface area contributed by atoms with Crippen molar-refractivity contribution in [3.63, 3.8) is 0 Å². The number of hydrogen-bond donors (Lipinski definition) is 2. The molecule has 3 unspecified atom stereocenters. The maximum Gasteiger partial charge on any atom is 0.227 e. The summed E-state index contributed by atoms with van der Waals surface area (Å²) in [4.78, 5) is 12.2. The van der Waals surface area contributed by atoms with Crippen molar-refractivity contribution in [1.29, 1.82) is 0 Å². The van der Waals surface area contributed by atoms with Crippen molar-refractivity contribution in [2.24, 2.45) is 5.92 Å². The first kappa shape index (κ1) is 16.4. The normalized spacial score (nSPS) is 24.7. The third-order valence-corrected chi connectivity index (χ3v) is 3.32. The zero-order valence-electron chi connectivity index (χ0n) is 12.3. The van der Waals surface area contributed by atoms with E-state index in [0.29, 0.717) is 13.2 Å². The molecular weight excluding hydrogens is 248 g/mol. The fourth-order valence-electron chi connectivity index (χ4n) is 2.25. The topological polar surface area (TPSA) is 68.8 Å². The Morgan fingerprint density at radius 2 is 2.05 bits per heavy atom. The average molecular weight is 274 g/mol. The van der Waals surface area contributed by atoms with Gasteiger partial charge in [-0.2, -0.15) is 0 Å². The Balaban J connectivity index is 2.47. The highest BCUT2D eigenvalue weighted by atomic mass is 16.7. The van der Waals surface area contributed by atoms with Crippen LogP contribution in [0.4, 0.5) is 0 Å². The molecule has 0 aliphatic carbocycles. The smallest absolute Gasteiger partial charge is 0.227 e. The lowest BCUT2D eigenvalue weighted by molar-refractivity contribution is -0.138. The molecule has 3 atom stereocenters. The van der Waals surface area contributed by atoms with Gasteiger partial charge in [-0.1, -0.05) is 6.92 Å². The minimum Gasteiger partial charge on any atom is -0.379 e. The summed E-state index contributed by atoms with van der Waals surface area (Å²) in [5.41, 5.74) is 0. The molecule has 1 saturated heterocycles. The van der Waals surface area contributed by atoms with E-state index in [2.05, 4.69) is 17.6 Å². The molecule has 6 nitrogen and oxygen atoms in total. The zero-order valence-corrected chi connectivity index (χ0v) is 12.3. The van der Waals surface area contributed by atoms with Gasteiger partial charge in [0.15, 0.2) is 6.29 Å². The first-order valence-electron chi connectivity index (χ1n) is 6.81. The highest BCUT2D eigenvalue weighted by Crippen LogP contribution is 2.14. The Morgan fingerprint density at radius 1 is 1.37 bits per heavy atom. The molecule has 0 aromatic carbocycles. The average Bonchev–Trinajstić information content (AvgIpc) is 2.86. The fourth-order valence-corrected chi connectivity index (χ4v) is 2.25. The van der Waals surface area contributed by atoms with E-state index < -0.39 is 6.29 Å². The first-order chi connectivity index (χ1) is 9.13. The van der Waals surface area contributed by atoms with Crippen molar-refractivity contribution >= 4 is 5.91 Å². The Morgan fingerprint density at radius 3 is 2.63 bits per heavy atom. The molecule has 1 aliphatic rings. The van der Waals surface area contributed by atoms with Crippen LogP contribution in [-0.4, -0.2) is 58.3 Å². The summed E-state index contributed by atoms with van der Waals surface area (Å²) in [6, 6.07) is -0.106. The Labute approximate surface area is 115 Å². The second-order valence-corrected chi connectivity index (χ2v) is 4.84. The number of hydrogen-bond acceptors (Lipinski definition) is 5. The van der Waals surface area contributed by atoms with Gasteiger partial charge in [0, 0.05) is 20.3 Å². The molecule has 0 spiro atoms. The predicted octanol–water partition coefficient (Wildman–Crippen LogP) is 0.125. The number of nitrogens with one attached hydrogen (secondary N) is 2. The maximum absolute atomic E-state index is 12.2. The van der Waals surface area contributed by atoms with Crippen molar-refractivity contribution in [2.45, 2.75) is 38.6 Å². The fraction of sp³-hybridized carbons (Fsp3) is 0.923. The Bertz CT molecular complexity index is 271. The third-order valence-electron chi connectivity index (χ3n) is 3.32. The summed E-state index contributed by atoms with van der Waals surface area (Å²) in [5, 5.41) is 6.27. The standard InChI is InChI=1S/C13H26N2O4/c1-5-6-14-11-8-19-7-10(11)12(16)15-9(2)13(17-3)18-4/h9-11,13-14H,5-8H2,1-4H3,(H,15,16). The zero-order chi connectivity index (χ0) is 14.3. The van der Waals surface area contributed by atoms with E-state index >= 15 is 0 Å². The van der Waals surface area contributed by atoms with Crippen LogP contribution in [0.15, 0.2) is 0 Å². The second kappa shape index (κ2) is 8.47. The van der Waals surface area contributed by atoms with Gasteiger partial charge >= 0.3 is 0 Å². The lowest BCUT2D eigenvalue weighted by atomic mass is 10.0. The number of carbonyl (C=O) groups excluding carboxylic acids is 1. The number of carbonyl (C=O) groups is 1. The molecule has 1 aliphatic heterocycles. The summed E-state index contributed by atoms with van der Waals surface area (Å²) in [6.45, 7) is 5.91. The van der Waals surface area contributed by atoms with E-state index in [9.17, 15) is 4.79 Å². The number of amides is 1. The van der Waals surface area contributed by atoms with Gasteiger partial charge in [-0.25, -0.2) is 0 Å². The molecule has 0 radical (unpaired) electrons. The molecule has 1 heterocycles. The monoisotopic (exact) mass is 274 g/mol. The summed E-state index contributed by atoms with van der Waals surface area (Å²) >= 11 is 0. The van der Waals surface area contributed by atoms with Crippen molar-refractivity contribution < 1.29 is 19.0 Å². The number of rotatable bonds is 8.